The van der Waals surface area contributed by atoms with Gasteiger partial charge in [-0.25, -0.2) is 4.98 Å². The summed E-state index contributed by atoms with van der Waals surface area (Å²) in [5.74, 6) is 0.0934. The quantitative estimate of drug-likeness (QED) is 0.704. The van der Waals surface area contributed by atoms with Gasteiger partial charge in [0.15, 0.2) is 0 Å². The predicted octanol–water partition coefficient (Wildman–Crippen LogP) is 2.12. The second kappa shape index (κ2) is 11.9. The highest BCUT2D eigenvalue weighted by Crippen LogP contribution is 2.18. The molecular formula is C19H29Cl2N5O2. The third-order valence-electron chi connectivity index (χ3n) is 4.95. The molecule has 1 aliphatic heterocycles. The van der Waals surface area contributed by atoms with Crippen LogP contribution in [0.5, 0.6) is 0 Å². The Kier molecular flexibility index (Phi) is 10.3. The molecule has 3 rings (SSSR count). The van der Waals surface area contributed by atoms with Gasteiger partial charge >= 0.3 is 0 Å². The van der Waals surface area contributed by atoms with E-state index in [4.69, 9.17) is 5.73 Å². The number of hydrogen-bond donors (Lipinski definition) is 2. The molecule has 2 aromatic rings. The smallest absolute Gasteiger partial charge is 0.224 e. The number of halogens is 2. The average molecular weight is 430 g/mol. The van der Waals surface area contributed by atoms with Gasteiger partial charge < -0.3 is 20.5 Å². The fourth-order valence-electron chi connectivity index (χ4n) is 3.54. The number of nitrogens with one attached hydrogen (secondary N) is 1. The fourth-order valence-corrected chi connectivity index (χ4v) is 3.54. The van der Waals surface area contributed by atoms with Gasteiger partial charge in [0, 0.05) is 45.1 Å². The summed E-state index contributed by atoms with van der Waals surface area (Å²) in [4.78, 5) is 30.7. The number of rotatable bonds is 7. The summed E-state index contributed by atoms with van der Waals surface area (Å²) in [5, 5.41) is 2.90. The van der Waals surface area contributed by atoms with Crippen molar-refractivity contribution in [3.63, 3.8) is 0 Å². The van der Waals surface area contributed by atoms with Crippen LogP contribution in [0.3, 0.4) is 0 Å². The van der Waals surface area contributed by atoms with Gasteiger partial charge in [0.2, 0.25) is 11.8 Å². The molecule has 2 heterocycles. The maximum absolute atomic E-state index is 12.8. The summed E-state index contributed by atoms with van der Waals surface area (Å²) in [6.45, 7) is 2.24. The number of likely N-dealkylation sites (tertiary alicyclic amines) is 1. The number of aryl methyl sites for hydroxylation is 1. The highest BCUT2D eigenvalue weighted by atomic mass is 35.5. The number of carbonyl (C=O) groups excluding carboxylic acids is 2. The first-order chi connectivity index (χ1) is 12.7. The van der Waals surface area contributed by atoms with Crippen molar-refractivity contribution in [1.82, 2.24) is 19.8 Å². The number of aromatic nitrogens is 2. The van der Waals surface area contributed by atoms with Gasteiger partial charge in [-0.15, -0.1) is 24.8 Å². The average Bonchev–Trinajstić information content (AvgIpc) is 3.08. The number of para-hydroxylation sites is 2. The molecule has 7 nitrogen and oxygen atoms in total. The van der Waals surface area contributed by atoms with E-state index < -0.39 is 0 Å². The van der Waals surface area contributed by atoms with Crippen molar-refractivity contribution < 1.29 is 9.59 Å². The predicted molar refractivity (Wildman–Crippen MR) is 115 cm³/mol. The lowest BCUT2D eigenvalue weighted by Crippen LogP contribution is -2.49. The number of hydrogen-bond acceptors (Lipinski definition) is 4. The van der Waals surface area contributed by atoms with Crippen LogP contribution < -0.4 is 11.1 Å². The van der Waals surface area contributed by atoms with Gasteiger partial charge in [0.25, 0.3) is 0 Å². The Morgan fingerprint density at radius 3 is 2.75 bits per heavy atom. The lowest BCUT2D eigenvalue weighted by Gasteiger charge is -2.36. The van der Waals surface area contributed by atoms with Gasteiger partial charge in [-0.3, -0.25) is 9.59 Å². The minimum atomic E-state index is -0.0460. The molecule has 0 aliphatic carbocycles. The number of nitrogens with zero attached hydrogens (tertiary/aromatic N) is 3. The Labute approximate surface area is 177 Å². The largest absolute Gasteiger partial charge is 0.354 e. The van der Waals surface area contributed by atoms with E-state index in [0.29, 0.717) is 32.5 Å². The topological polar surface area (TPSA) is 93.3 Å². The van der Waals surface area contributed by atoms with Crippen LogP contribution in [0.1, 0.15) is 32.1 Å². The van der Waals surface area contributed by atoms with Crippen LogP contribution in [0.2, 0.25) is 0 Å². The molecule has 0 spiro atoms. The summed E-state index contributed by atoms with van der Waals surface area (Å²) in [6.07, 6.45) is 5.60. The van der Waals surface area contributed by atoms with Crippen LogP contribution in [-0.2, 0) is 16.1 Å². The number of nitrogens with two attached hydrogens (primary N) is 1. The number of imidazole rings is 1. The van der Waals surface area contributed by atoms with Crippen molar-refractivity contribution in [2.24, 2.45) is 5.73 Å². The highest BCUT2D eigenvalue weighted by molar-refractivity contribution is 5.85. The number of carbonyl (C=O) groups is 2. The van der Waals surface area contributed by atoms with E-state index in [1.54, 1.807) is 6.33 Å². The van der Waals surface area contributed by atoms with Crippen molar-refractivity contribution in [3.8, 4) is 0 Å². The third-order valence-corrected chi connectivity index (χ3v) is 4.95. The first-order valence-corrected chi connectivity index (χ1v) is 9.35. The second-order valence-electron chi connectivity index (χ2n) is 6.76. The Bertz CT molecular complexity index is 768. The van der Waals surface area contributed by atoms with Crippen LogP contribution in [0, 0.1) is 0 Å². The van der Waals surface area contributed by atoms with E-state index in [2.05, 4.69) is 10.3 Å². The normalized spacial score (nSPS) is 16.2. The summed E-state index contributed by atoms with van der Waals surface area (Å²) in [5.41, 5.74) is 7.40. The molecule has 0 radical (unpaired) electrons. The molecule has 2 amide bonds. The summed E-state index contributed by atoms with van der Waals surface area (Å²) >= 11 is 0. The van der Waals surface area contributed by atoms with Crippen molar-refractivity contribution >= 4 is 47.7 Å². The standard InChI is InChI=1S/C19H27N5O2.2ClH/c20-10-8-18(25)21-13-15-5-3-4-11-24(15)19(26)9-12-23-14-22-16-6-1-2-7-17(16)23;;/h1-2,6-7,14-15H,3-5,8-13,20H2,(H,21,25);2*1H. The van der Waals surface area contributed by atoms with Crippen LogP contribution in [-0.4, -0.2) is 51.9 Å². The van der Waals surface area contributed by atoms with Gasteiger partial charge in [-0.05, 0) is 31.4 Å². The Hall–Kier alpha value is -1.83. The zero-order chi connectivity index (χ0) is 18.4. The number of benzene rings is 1. The van der Waals surface area contributed by atoms with Gasteiger partial charge in [0.05, 0.1) is 17.4 Å². The molecule has 1 aromatic heterocycles. The van der Waals surface area contributed by atoms with Crippen molar-refractivity contribution in [3.05, 3.63) is 30.6 Å². The minimum Gasteiger partial charge on any atom is -0.354 e. The van der Waals surface area contributed by atoms with E-state index in [9.17, 15) is 9.59 Å². The molecule has 3 N–H and O–H groups in total. The second-order valence-corrected chi connectivity index (χ2v) is 6.76. The summed E-state index contributed by atoms with van der Waals surface area (Å²) in [6, 6.07) is 8.01. The molecule has 1 aromatic carbocycles. The number of fused-ring (bicyclic) bond motifs is 1. The first kappa shape index (κ1) is 24.2. The van der Waals surface area contributed by atoms with Crippen LogP contribution >= 0.6 is 24.8 Å². The number of amides is 2. The van der Waals surface area contributed by atoms with E-state index >= 15 is 0 Å². The molecule has 1 fully saturated rings. The van der Waals surface area contributed by atoms with Crippen molar-refractivity contribution in [2.45, 2.75) is 44.7 Å². The van der Waals surface area contributed by atoms with Gasteiger partial charge in [0.1, 0.15) is 0 Å². The maximum atomic E-state index is 12.8. The zero-order valence-electron chi connectivity index (χ0n) is 15.9. The van der Waals surface area contributed by atoms with E-state index in [1.165, 1.54) is 0 Å². The van der Waals surface area contributed by atoms with E-state index in [1.807, 2.05) is 33.7 Å². The fraction of sp³-hybridized carbons (Fsp3) is 0.526. The molecule has 9 heteroatoms. The van der Waals surface area contributed by atoms with Crippen LogP contribution in [0.4, 0.5) is 0 Å². The maximum Gasteiger partial charge on any atom is 0.224 e. The molecule has 0 saturated carbocycles. The number of piperidine rings is 1. The van der Waals surface area contributed by atoms with E-state index in [0.717, 1.165) is 36.8 Å². The third kappa shape index (κ3) is 6.09. The lowest BCUT2D eigenvalue weighted by atomic mass is 10.0. The Balaban J connectivity index is 0.00000196. The first-order valence-electron chi connectivity index (χ1n) is 9.35. The Morgan fingerprint density at radius 2 is 1.96 bits per heavy atom. The zero-order valence-corrected chi connectivity index (χ0v) is 17.5. The molecule has 28 heavy (non-hydrogen) atoms. The monoisotopic (exact) mass is 429 g/mol. The molecular weight excluding hydrogens is 401 g/mol. The summed E-state index contributed by atoms with van der Waals surface area (Å²) < 4.78 is 2.02. The molecule has 156 valence electrons. The van der Waals surface area contributed by atoms with E-state index in [-0.39, 0.29) is 42.7 Å². The van der Waals surface area contributed by atoms with Crippen molar-refractivity contribution in [2.75, 3.05) is 19.6 Å². The minimum absolute atomic E-state index is 0. The molecule has 1 saturated heterocycles. The Morgan fingerprint density at radius 1 is 1.18 bits per heavy atom. The molecule has 1 atom stereocenters. The van der Waals surface area contributed by atoms with Crippen molar-refractivity contribution in [1.29, 1.82) is 0 Å². The van der Waals surface area contributed by atoms with Gasteiger partial charge in [-0.2, -0.15) is 0 Å². The van der Waals surface area contributed by atoms with Crippen LogP contribution in [0.25, 0.3) is 11.0 Å². The SMILES string of the molecule is Cl.Cl.NCCC(=O)NCC1CCCCN1C(=O)CCn1cnc2ccccc21. The molecule has 0 bridgehead atoms. The highest BCUT2D eigenvalue weighted by Gasteiger charge is 2.26. The molecule has 1 aliphatic rings. The summed E-state index contributed by atoms with van der Waals surface area (Å²) in [7, 11) is 0. The lowest BCUT2D eigenvalue weighted by molar-refractivity contribution is -0.135. The molecule has 1 unspecified atom stereocenters. The van der Waals surface area contributed by atoms with Crippen LogP contribution in [0.15, 0.2) is 30.6 Å². The van der Waals surface area contributed by atoms with Gasteiger partial charge in [-0.1, -0.05) is 12.1 Å².